The van der Waals surface area contributed by atoms with Gasteiger partial charge in [-0.05, 0) is 58.4 Å². The second kappa shape index (κ2) is 13.0. The second-order valence-electron chi connectivity index (χ2n) is 9.39. The number of carbonyl (C=O) groups is 1. The molecule has 0 fully saturated rings. The fourth-order valence-corrected chi connectivity index (χ4v) is 5.19. The number of esters is 1. The third-order valence-electron chi connectivity index (χ3n) is 5.25. The lowest BCUT2D eigenvalue weighted by molar-refractivity contribution is 0.00696. The number of rotatable bonds is 12. The summed E-state index contributed by atoms with van der Waals surface area (Å²) in [6.45, 7) is 4.46. The number of hydrogen-bond donors (Lipinski definition) is 1. The van der Waals surface area contributed by atoms with E-state index in [1.165, 1.54) is 19.1 Å². The molecule has 2 atom stereocenters. The molecule has 39 heavy (non-hydrogen) atoms. The third-order valence-corrected chi connectivity index (χ3v) is 7.86. The third kappa shape index (κ3) is 8.29. The Balaban J connectivity index is 2.42. The van der Waals surface area contributed by atoms with E-state index in [-0.39, 0.29) is 22.6 Å². The van der Waals surface area contributed by atoms with Crippen molar-refractivity contribution < 1.29 is 49.0 Å². The summed E-state index contributed by atoms with van der Waals surface area (Å²) in [5.74, 6) is -5.57. The summed E-state index contributed by atoms with van der Waals surface area (Å²) in [4.78, 5) is 12.6. The molecule has 218 valence electrons. The van der Waals surface area contributed by atoms with Crippen molar-refractivity contribution in [3.05, 3.63) is 47.0 Å². The van der Waals surface area contributed by atoms with Gasteiger partial charge in [0.05, 0.1) is 23.7 Å². The van der Waals surface area contributed by atoms with Crippen LogP contribution in [0.1, 0.15) is 49.5 Å². The Morgan fingerprint density at radius 1 is 1.21 bits per heavy atom. The van der Waals surface area contributed by atoms with Crippen molar-refractivity contribution in [3.8, 4) is 11.5 Å². The molecular weight excluding hydrogens is 568 g/mol. The van der Waals surface area contributed by atoms with Gasteiger partial charge in [-0.1, -0.05) is 0 Å². The number of benzene rings is 2. The van der Waals surface area contributed by atoms with Crippen LogP contribution in [0.3, 0.4) is 0 Å². The fourth-order valence-electron chi connectivity index (χ4n) is 3.40. The Morgan fingerprint density at radius 3 is 2.41 bits per heavy atom. The van der Waals surface area contributed by atoms with Crippen molar-refractivity contribution in [3.63, 3.8) is 0 Å². The van der Waals surface area contributed by atoms with Crippen LogP contribution in [0.15, 0.2) is 24.3 Å². The fraction of sp³-hybridized carbons (Fsp3) is 0.458. The van der Waals surface area contributed by atoms with E-state index < -0.39 is 93.1 Å². The van der Waals surface area contributed by atoms with E-state index in [0.29, 0.717) is 10.4 Å². The predicted octanol–water partition coefficient (Wildman–Crippen LogP) is 4.66. The highest BCUT2D eigenvalue weighted by Crippen LogP contribution is 2.37. The first kappa shape index (κ1) is 32.3. The van der Waals surface area contributed by atoms with Gasteiger partial charge in [-0.25, -0.2) is 26.4 Å². The van der Waals surface area contributed by atoms with Crippen LogP contribution in [0.25, 0.3) is 0 Å². The minimum Gasteiger partial charge on any atom is -0.755 e. The van der Waals surface area contributed by atoms with Gasteiger partial charge in [-0.15, -0.1) is 0 Å². The van der Waals surface area contributed by atoms with Gasteiger partial charge in [-0.3, -0.25) is 12.9 Å². The van der Waals surface area contributed by atoms with Crippen molar-refractivity contribution in [1.29, 1.82) is 0 Å². The number of ether oxygens (including phenoxy) is 2. The molecule has 0 spiro atoms. The van der Waals surface area contributed by atoms with E-state index in [1.807, 2.05) is 0 Å². The number of nitrogens with two attached hydrogens (primary N) is 1. The molecule has 0 aliphatic rings. The van der Waals surface area contributed by atoms with E-state index in [4.69, 9.17) is 15.2 Å². The smallest absolute Gasteiger partial charge is 0.341 e. The van der Waals surface area contributed by atoms with Gasteiger partial charge in [0.1, 0.15) is 11.4 Å². The summed E-state index contributed by atoms with van der Waals surface area (Å²) in [5.41, 5.74) is 1.72. The molecule has 0 saturated heterocycles. The molecule has 0 radical (unpaired) electrons. The highest BCUT2D eigenvalue weighted by Gasteiger charge is 2.28. The summed E-state index contributed by atoms with van der Waals surface area (Å²) in [6.07, 6.45) is -1.33. The zero-order valence-electron chi connectivity index (χ0n) is 21.6. The molecule has 2 rings (SSSR count). The summed E-state index contributed by atoms with van der Waals surface area (Å²) >= 11 is -3.24. The molecule has 0 bridgehead atoms. The molecule has 2 aromatic rings. The minimum absolute atomic E-state index is 0.0129. The Bertz CT molecular complexity index is 1330. The van der Waals surface area contributed by atoms with Crippen molar-refractivity contribution in [2.24, 2.45) is 0 Å². The van der Waals surface area contributed by atoms with Gasteiger partial charge in [-0.2, -0.15) is 0 Å². The molecule has 2 aromatic carbocycles. The van der Waals surface area contributed by atoms with E-state index in [0.717, 1.165) is 6.07 Å². The molecule has 2 unspecified atom stereocenters. The molecule has 15 heteroatoms. The lowest BCUT2D eigenvalue weighted by atomic mass is 10.0. The van der Waals surface area contributed by atoms with E-state index in [9.17, 15) is 35.1 Å². The van der Waals surface area contributed by atoms with E-state index in [2.05, 4.69) is 0 Å². The zero-order valence-corrected chi connectivity index (χ0v) is 23.3. The first-order valence-corrected chi connectivity index (χ1v) is 14.3. The first-order valence-electron chi connectivity index (χ1n) is 11.6. The lowest BCUT2D eigenvalue weighted by Crippen LogP contribution is -2.31. The number of sulfone groups is 1. The molecule has 0 amide bonds. The predicted molar refractivity (Wildman–Crippen MR) is 137 cm³/mol. The molecular formula is C24H29F4N2O7S2-. The van der Waals surface area contributed by atoms with Gasteiger partial charge in [0.15, 0.2) is 21.5 Å². The zero-order chi connectivity index (χ0) is 29.7. The van der Waals surface area contributed by atoms with Crippen LogP contribution in [0.4, 0.5) is 28.9 Å². The number of nitrogen functional groups attached to an aromatic ring is 1. The number of nitrogens with zero attached hydrogens (tertiary/aromatic N) is 1. The number of alkyl halides is 2. The molecule has 0 aliphatic carbocycles. The average molecular weight is 598 g/mol. The molecule has 2 N–H and O–H groups in total. The summed E-state index contributed by atoms with van der Waals surface area (Å²) in [7, 11) is -4.38. The van der Waals surface area contributed by atoms with E-state index in [1.54, 1.807) is 20.8 Å². The molecule has 9 nitrogen and oxygen atoms in total. The van der Waals surface area contributed by atoms with Gasteiger partial charge in [0, 0.05) is 35.5 Å². The van der Waals surface area contributed by atoms with Crippen LogP contribution < -0.4 is 14.8 Å². The van der Waals surface area contributed by atoms with Crippen LogP contribution in [-0.4, -0.2) is 53.2 Å². The van der Waals surface area contributed by atoms with Gasteiger partial charge < -0.3 is 19.8 Å². The number of carbonyl (C=O) groups excluding carboxylic acids is 1. The van der Waals surface area contributed by atoms with Gasteiger partial charge in [0.25, 0.3) is 0 Å². The maximum absolute atomic E-state index is 15.4. The molecule has 0 heterocycles. The Kier molecular flexibility index (Phi) is 10.7. The Labute approximate surface area is 226 Å². The highest BCUT2D eigenvalue weighted by atomic mass is 32.2. The van der Waals surface area contributed by atoms with Crippen molar-refractivity contribution in [2.75, 3.05) is 29.0 Å². The maximum Gasteiger partial charge on any atom is 0.341 e. The standard InChI is InChI=1S/C24H30F4N2O7S2/c1-14-18(9-7-16(29)20(14)23(31)37-24(2,3)4)36-22-15(26)6-8-17(21(22)28)30(38(32)33)12-10-19(27)39(34,35)13-5-11-25/h6-9,19H,5,10-13,29H2,1-4H3,(H,32,33)/p-1. The molecule has 0 aromatic heterocycles. The Hall–Kier alpha value is -2.91. The normalized spacial score (nSPS) is 13.6. The molecule has 0 saturated carbocycles. The quantitative estimate of drug-likeness (QED) is 0.161. The largest absolute Gasteiger partial charge is 0.755 e. The van der Waals surface area contributed by atoms with Crippen molar-refractivity contribution >= 4 is 38.4 Å². The molecule has 0 aliphatic heterocycles. The summed E-state index contributed by atoms with van der Waals surface area (Å²) < 4.78 is 115. The minimum atomic E-state index is -4.38. The highest BCUT2D eigenvalue weighted by molar-refractivity contribution is 7.91. The monoisotopic (exact) mass is 597 g/mol. The van der Waals surface area contributed by atoms with Gasteiger partial charge >= 0.3 is 5.97 Å². The van der Waals surface area contributed by atoms with Crippen molar-refractivity contribution in [2.45, 2.75) is 51.6 Å². The van der Waals surface area contributed by atoms with Crippen LogP contribution in [-0.2, 0) is 25.8 Å². The number of anilines is 2. The average Bonchev–Trinajstić information content (AvgIpc) is 2.81. The lowest BCUT2D eigenvalue weighted by Gasteiger charge is -2.28. The van der Waals surface area contributed by atoms with Crippen LogP contribution in [0, 0.1) is 18.6 Å². The SMILES string of the molecule is Cc1c(Oc2c(F)ccc(N(CCC(F)S(=O)(=O)CCCF)S(=O)[O-])c2F)ccc(N)c1C(=O)OC(C)(C)C. The van der Waals surface area contributed by atoms with Crippen LogP contribution >= 0.6 is 0 Å². The number of halogens is 4. The number of hydrogen-bond acceptors (Lipinski definition) is 8. The topological polar surface area (TPSA) is 139 Å². The van der Waals surface area contributed by atoms with Crippen LogP contribution in [0.5, 0.6) is 11.5 Å². The van der Waals surface area contributed by atoms with Gasteiger partial charge in [0.2, 0.25) is 11.3 Å². The van der Waals surface area contributed by atoms with Crippen LogP contribution in [0.2, 0.25) is 0 Å². The first-order chi connectivity index (χ1) is 18.0. The maximum atomic E-state index is 15.4. The van der Waals surface area contributed by atoms with E-state index >= 15 is 4.39 Å². The van der Waals surface area contributed by atoms with Crippen molar-refractivity contribution in [1.82, 2.24) is 0 Å². The summed E-state index contributed by atoms with van der Waals surface area (Å²) in [6, 6.07) is 3.94. The Morgan fingerprint density at radius 2 is 1.85 bits per heavy atom. The summed E-state index contributed by atoms with van der Waals surface area (Å²) in [5, 5.41) is 0. The second-order valence-corrected chi connectivity index (χ2v) is 12.5.